The first-order valence-electron chi connectivity index (χ1n) is 11.9. The highest BCUT2D eigenvalue weighted by Crippen LogP contribution is 2.26. The van der Waals surface area contributed by atoms with Gasteiger partial charge in [0.15, 0.2) is 11.2 Å². The van der Waals surface area contributed by atoms with Gasteiger partial charge in [-0.15, -0.1) is 0 Å². The number of aromatic nitrogens is 4. The van der Waals surface area contributed by atoms with Gasteiger partial charge in [0.25, 0.3) is 15.7 Å². The standard InChI is InChI=1S/C19H23ClN6O2.C6H6O3S/c1-22-17-16(18(27)23(2)19(22)28)26(13-21-17)12-9-24-7-10-25(11-8-24)15-6-4-3-5-14(15)20;7-10(8,9)6-4-2-1-3-5-6/h3-6,13H,7-12H2,1-2H3;1-5H,(H,7,8,9). The number of halogens is 1. The van der Waals surface area contributed by atoms with Crippen LogP contribution in [0.15, 0.2) is 75.4 Å². The third kappa shape index (κ3) is 5.99. The highest BCUT2D eigenvalue weighted by atomic mass is 35.5. The molecule has 0 unspecified atom stereocenters. The van der Waals surface area contributed by atoms with Gasteiger partial charge < -0.3 is 9.47 Å². The summed E-state index contributed by atoms with van der Waals surface area (Å²) in [5.74, 6) is 0. The van der Waals surface area contributed by atoms with E-state index in [1.165, 1.54) is 23.7 Å². The number of benzene rings is 2. The lowest BCUT2D eigenvalue weighted by Gasteiger charge is -2.36. The fraction of sp³-hybridized carbons (Fsp3) is 0.320. The molecular formula is C25H29ClN6O5S. The molecule has 38 heavy (non-hydrogen) atoms. The Morgan fingerprint density at radius 1 is 0.895 bits per heavy atom. The number of nitrogens with zero attached hydrogens (tertiary/aromatic N) is 6. The number of aryl methyl sites for hydroxylation is 1. The lowest BCUT2D eigenvalue weighted by molar-refractivity contribution is 0.249. The van der Waals surface area contributed by atoms with Gasteiger partial charge in [0.05, 0.1) is 21.9 Å². The number of anilines is 1. The molecule has 202 valence electrons. The number of rotatable bonds is 5. The summed E-state index contributed by atoms with van der Waals surface area (Å²) in [6.07, 6.45) is 1.64. The van der Waals surface area contributed by atoms with E-state index >= 15 is 0 Å². The zero-order valence-electron chi connectivity index (χ0n) is 21.1. The van der Waals surface area contributed by atoms with E-state index in [4.69, 9.17) is 16.2 Å². The SMILES string of the molecule is Cn1c(=O)c2c(ncn2CCN2CCN(c3ccccc3Cl)CC2)n(C)c1=O.O=S(=O)(O)c1ccccc1. The van der Waals surface area contributed by atoms with Crippen LogP contribution in [0.3, 0.4) is 0 Å². The van der Waals surface area contributed by atoms with E-state index in [0.717, 1.165) is 48.0 Å². The van der Waals surface area contributed by atoms with Gasteiger partial charge in [0, 0.05) is 53.4 Å². The summed E-state index contributed by atoms with van der Waals surface area (Å²) in [5.41, 5.74) is 1.31. The van der Waals surface area contributed by atoms with Crippen molar-refractivity contribution in [3.05, 3.63) is 86.8 Å². The molecular weight excluding hydrogens is 532 g/mol. The van der Waals surface area contributed by atoms with Crippen molar-refractivity contribution in [1.82, 2.24) is 23.6 Å². The third-order valence-electron chi connectivity index (χ3n) is 6.48. The largest absolute Gasteiger partial charge is 0.368 e. The van der Waals surface area contributed by atoms with Crippen LogP contribution in [0, 0.1) is 0 Å². The molecule has 0 aliphatic carbocycles. The number of hydrogen-bond donors (Lipinski definition) is 1. The normalized spacial score (nSPS) is 14.4. The summed E-state index contributed by atoms with van der Waals surface area (Å²) in [4.78, 5) is 33.4. The minimum absolute atomic E-state index is 0.0741. The first kappa shape index (κ1) is 27.6. The third-order valence-corrected chi connectivity index (χ3v) is 7.67. The van der Waals surface area contributed by atoms with Crippen LogP contribution in [-0.4, -0.2) is 69.3 Å². The van der Waals surface area contributed by atoms with Crippen molar-refractivity contribution in [2.45, 2.75) is 11.4 Å². The van der Waals surface area contributed by atoms with Gasteiger partial charge in [-0.3, -0.25) is 23.4 Å². The van der Waals surface area contributed by atoms with Crippen molar-refractivity contribution in [3.8, 4) is 0 Å². The second-order valence-corrected chi connectivity index (χ2v) is 10.7. The second-order valence-electron chi connectivity index (χ2n) is 8.88. The van der Waals surface area contributed by atoms with E-state index in [1.54, 1.807) is 31.6 Å². The molecule has 13 heteroatoms. The highest BCUT2D eigenvalue weighted by Gasteiger charge is 2.20. The van der Waals surface area contributed by atoms with E-state index in [0.29, 0.717) is 17.7 Å². The molecule has 1 aliphatic heterocycles. The van der Waals surface area contributed by atoms with Crippen LogP contribution in [0.5, 0.6) is 0 Å². The first-order chi connectivity index (χ1) is 18.1. The quantitative estimate of drug-likeness (QED) is 0.367. The second kappa shape index (κ2) is 11.5. The lowest BCUT2D eigenvalue weighted by Crippen LogP contribution is -2.47. The first-order valence-corrected chi connectivity index (χ1v) is 13.7. The Morgan fingerprint density at radius 3 is 2.13 bits per heavy atom. The fourth-order valence-corrected chi connectivity index (χ4v) is 5.09. The van der Waals surface area contributed by atoms with Gasteiger partial charge in [-0.05, 0) is 24.3 Å². The molecule has 0 atom stereocenters. The molecule has 3 heterocycles. The summed E-state index contributed by atoms with van der Waals surface area (Å²) in [6, 6.07) is 15.3. The van der Waals surface area contributed by atoms with E-state index in [1.807, 2.05) is 22.8 Å². The van der Waals surface area contributed by atoms with Crippen LogP contribution < -0.4 is 16.1 Å². The van der Waals surface area contributed by atoms with E-state index in [2.05, 4.69) is 20.9 Å². The molecule has 1 fully saturated rings. The van der Waals surface area contributed by atoms with Crippen molar-refractivity contribution < 1.29 is 13.0 Å². The molecule has 1 saturated heterocycles. The maximum absolute atomic E-state index is 12.5. The monoisotopic (exact) mass is 560 g/mol. The Bertz CT molecular complexity index is 1640. The van der Waals surface area contributed by atoms with Gasteiger partial charge >= 0.3 is 5.69 Å². The minimum atomic E-state index is -4.00. The smallest absolute Gasteiger partial charge is 0.332 e. The molecule has 1 N–H and O–H groups in total. The zero-order chi connectivity index (χ0) is 27.4. The maximum atomic E-state index is 12.5. The molecule has 0 radical (unpaired) electrons. The van der Waals surface area contributed by atoms with E-state index < -0.39 is 10.1 Å². The lowest BCUT2D eigenvalue weighted by atomic mass is 10.2. The van der Waals surface area contributed by atoms with Crippen molar-refractivity contribution in [2.24, 2.45) is 14.1 Å². The molecule has 1 aliphatic rings. The average molecular weight is 561 g/mol. The van der Waals surface area contributed by atoms with E-state index in [9.17, 15) is 18.0 Å². The summed E-state index contributed by atoms with van der Waals surface area (Å²) < 4.78 is 33.6. The highest BCUT2D eigenvalue weighted by molar-refractivity contribution is 7.85. The molecule has 0 spiro atoms. The van der Waals surface area contributed by atoms with Gasteiger partial charge in [-0.2, -0.15) is 8.42 Å². The number of para-hydroxylation sites is 1. The number of fused-ring (bicyclic) bond motifs is 1. The van der Waals surface area contributed by atoms with Crippen molar-refractivity contribution in [1.29, 1.82) is 0 Å². The zero-order valence-corrected chi connectivity index (χ0v) is 22.6. The molecule has 0 amide bonds. The van der Waals surface area contributed by atoms with Crippen LogP contribution in [0.4, 0.5) is 5.69 Å². The number of imidazole rings is 1. The molecule has 0 saturated carbocycles. The Labute approximate surface area is 224 Å². The molecule has 5 rings (SSSR count). The van der Waals surface area contributed by atoms with Crippen molar-refractivity contribution in [2.75, 3.05) is 37.6 Å². The topological polar surface area (TPSA) is 123 Å². The molecule has 2 aromatic carbocycles. The van der Waals surface area contributed by atoms with Gasteiger partial charge in [0.2, 0.25) is 0 Å². The van der Waals surface area contributed by atoms with Gasteiger partial charge in [-0.25, -0.2) is 9.78 Å². The average Bonchev–Trinajstić information content (AvgIpc) is 3.35. The summed E-state index contributed by atoms with van der Waals surface area (Å²) in [6.45, 7) is 5.13. The summed E-state index contributed by atoms with van der Waals surface area (Å²) in [7, 11) is -0.873. The predicted molar refractivity (Wildman–Crippen MR) is 147 cm³/mol. The molecule has 0 bridgehead atoms. The predicted octanol–water partition coefficient (Wildman–Crippen LogP) is 1.84. The Balaban J connectivity index is 0.000000283. The summed E-state index contributed by atoms with van der Waals surface area (Å²) in [5, 5.41) is 0.780. The Kier molecular flexibility index (Phi) is 8.36. The molecule has 11 nitrogen and oxygen atoms in total. The minimum Gasteiger partial charge on any atom is -0.368 e. The fourth-order valence-electron chi connectivity index (χ4n) is 4.33. The van der Waals surface area contributed by atoms with Gasteiger partial charge in [-0.1, -0.05) is 41.9 Å². The number of piperazine rings is 1. The van der Waals surface area contributed by atoms with Crippen molar-refractivity contribution >= 4 is 38.6 Å². The Hall–Kier alpha value is -3.45. The van der Waals surface area contributed by atoms with Crippen molar-refractivity contribution in [3.63, 3.8) is 0 Å². The maximum Gasteiger partial charge on any atom is 0.332 e. The molecule has 2 aromatic heterocycles. The van der Waals surface area contributed by atoms with Crippen LogP contribution in [-0.2, 0) is 30.8 Å². The summed E-state index contributed by atoms with van der Waals surface area (Å²) >= 11 is 6.31. The van der Waals surface area contributed by atoms with E-state index in [-0.39, 0.29) is 16.1 Å². The molecule has 4 aromatic rings. The van der Waals surface area contributed by atoms with Crippen LogP contribution in [0.2, 0.25) is 5.02 Å². The Morgan fingerprint density at radius 2 is 1.53 bits per heavy atom. The number of hydrogen-bond acceptors (Lipinski definition) is 7. The van der Waals surface area contributed by atoms with Crippen LogP contribution >= 0.6 is 11.6 Å². The van der Waals surface area contributed by atoms with Gasteiger partial charge in [0.1, 0.15) is 0 Å². The van der Waals surface area contributed by atoms with Crippen LogP contribution in [0.25, 0.3) is 11.2 Å². The van der Waals surface area contributed by atoms with Crippen LogP contribution in [0.1, 0.15) is 0 Å².